The Hall–Kier alpha value is -0.0800. The van der Waals surface area contributed by atoms with Crippen LogP contribution in [-0.2, 0) is 0 Å². The van der Waals surface area contributed by atoms with Crippen molar-refractivity contribution in [2.75, 3.05) is 26.7 Å². The van der Waals surface area contributed by atoms with Gasteiger partial charge in [-0.25, -0.2) is 0 Å². The van der Waals surface area contributed by atoms with Gasteiger partial charge in [0.2, 0.25) is 0 Å². The van der Waals surface area contributed by atoms with Crippen molar-refractivity contribution in [1.29, 1.82) is 0 Å². The van der Waals surface area contributed by atoms with Crippen LogP contribution in [0.25, 0.3) is 0 Å². The fourth-order valence-corrected chi connectivity index (χ4v) is 2.29. The molecule has 2 nitrogen and oxygen atoms in total. The highest BCUT2D eigenvalue weighted by Crippen LogP contribution is 2.34. The molecule has 1 N–H and O–H groups in total. The predicted octanol–water partition coefficient (Wildman–Crippen LogP) is 1.72. The summed E-state index contributed by atoms with van der Waals surface area (Å²) < 4.78 is 0. The van der Waals surface area contributed by atoms with Crippen LogP contribution in [0, 0.1) is 11.8 Å². The van der Waals surface area contributed by atoms with Crippen LogP contribution >= 0.6 is 0 Å². The van der Waals surface area contributed by atoms with Crippen LogP contribution in [0.15, 0.2) is 0 Å². The smallest absolute Gasteiger partial charge is 0.0223 e. The van der Waals surface area contributed by atoms with Gasteiger partial charge in [-0.3, -0.25) is 0 Å². The molecule has 0 amide bonds. The minimum atomic E-state index is 0.767. The maximum absolute atomic E-state index is 3.63. The first kappa shape index (κ1) is 10.4. The summed E-state index contributed by atoms with van der Waals surface area (Å²) in [4.78, 5) is 2.53. The summed E-state index contributed by atoms with van der Waals surface area (Å²) in [7, 11) is 2.28. The quantitative estimate of drug-likeness (QED) is 0.667. The van der Waals surface area contributed by atoms with Gasteiger partial charge in [0.05, 0.1) is 0 Å². The molecule has 14 heavy (non-hydrogen) atoms. The zero-order valence-corrected chi connectivity index (χ0v) is 9.63. The molecule has 0 aliphatic heterocycles. The van der Waals surface area contributed by atoms with E-state index in [1.165, 1.54) is 38.8 Å². The summed E-state index contributed by atoms with van der Waals surface area (Å²) in [5, 5.41) is 3.63. The Morgan fingerprint density at radius 2 is 2.00 bits per heavy atom. The Morgan fingerprint density at radius 3 is 2.50 bits per heavy atom. The summed E-state index contributed by atoms with van der Waals surface area (Å²) in [6.07, 6.45) is 5.85. The second kappa shape index (κ2) is 4.63. The van der Waals surface area contributed by atoms with E-state index in [4.69, 9.17) is 0 Å². The summed E-state index contributed by atoms with van der Waals surface area (Å²) in [5.41, 5.74) is 0. The molecule has 0 aromatic rings. The third kappa shape index (κ3) is 3.25. The average Bonchev–Trinajstić information content (AvgIpc) is 2.99. The highest BCUT2D eigenvalue weighted by molar-refractivity contribution is 4.88. The molecule has 2 aliphatic rings. The molecule has 1 atom stereocenters. The molecule has 2 fully saturated rings. The molecule has 0 heterocycles. The third-order valence-electron chi connectivity index (χ3n) is 3.43. The van der Waals surface area contributed by atoms with Gasteiger partial charge in [0.25, 0.3) is 0 Å². The van der Waals surface area contributed by atoms with Crippen molar-refractivity contribution in [2.24, 2.45) is 11.8 Å². The number of hydrogen-bond acceptors (Lipinski definition) is 2. The van der Waals surface area contributed by atoms with Crippen molar-refractivity contribution in [1.82, 2.24) is 10.2 Å². The molecule has 0 aromatic carbocycles. The first-order valence-electron chi connectivity index (χ1n) is 6.21. The van der Waals surface area contributed by atoms with Crippen LogP contribution in [0.2, 0.25) is 0 Å². The van der Waals surface area contributed by atoms with Crippen molar-refractivity contribution in [3.63, 3.8) is 0 Å². The minimum absolute atomic E-state index is 0.767. The molecular weight excluding hydrogens is 172 g/mol. The Kier molecular flexibility index (Phi) is 3.45. The van der Waals surface area contributed by atoms with Gasteiger partial charge >= 0.3 is 0 Å². The highest BCUT2D eigenvalue weighted by Gasteiger charge is 2.32. The minimum Gasteiger partial charge on any atom is -0.313 e. The molecule has 1 unspecified atom stereocenters. The molecule has 2 rings (SSSR count). The predicted molar refractivity (Wildman–Crippen MR) is 60.4 cm³/mol. The zero-order valence-electron chi connectivity index (χ0n) is 9.63. The van der Waals surface area contributed by atoms with Gasteiger partial charge in [-0.05, 0) is 51.1 Å². The van der Waals surface area contributed by atoms with Crippen LogP contribution in [0.1, 0.15) is 32.6 Å². The Morgan fingerprint density at radius 1 is 1.29 bits per heavy atom. The maximum Gasteiger partial charge on any atom is 0.0223 e. The molecule has 0 spiro atoms. The largest absolute Gasteiger partial charge is 0.313 e. The first-order chi connectivity index (χ1) is 6.79. The third-order valence-corrected chi connectivity index (χ3v) is 3.43. The van der Waals surface area contributed by atoms with Gasteiger partial charge in [-0.1, -0.05) is 6.92 Å². The van der Waals surface area contributed by atoms with Crippen molar-refractivity contribution < 1.29 is 0 Å². The second-order valence-electron chi connectivity index (χ2n) is 5.17. The fourth-order valence-electron chi connectivity index (χ4n) is 2.29. The van der Waals surface area contributed by atoms with E-state index in [2.05, 4.69) is 24.2 Å². The summed E-state index contributed by atoms with van der Waals surface area (Å²) >= 11 is 0. The molecule has 2 saturated carbocycles. The lowest BCUT2D eigenvalue weighted by Gasteiger charge is -2.24. The van der Waals surface area contributed by atoms with Gasteiger partial charge in [0.1, 0.15) is 0 Å². The lowest BCUT2D eigenvalue weighted by Crippen LogP contribution is -2.41. The van der Waals surface area contributed by atoms with Gasteiger partial charge in [0.15, 0.2) is 0 Å². The van der Waals surface area contributed by atoms with Crippen LogP contribution < -0.4 is 5.32 Å². The Labute approximate surface area is 88.1 Å². The van der Waals surface area contributed by atoms with Gasteiger partial charge in [-0.15, -0.1) is 0 Å². The van der Waals surface area contributed by atoms with Gasteiger partial charge in [0, 0.05) is 19.1 Å². The van der Waals surface area contributed by atoms with Crippen molar-refractivity contribution in [2.45, 2.75) is 38.6 Å². The lowest BCUT2D eigenvalue weighted by molar-refractivity contribution is 0.267. The zero-order chi connectivity index (χ0) is 9.97. The van der Waals surface area contributed by atoms with Gasteiger partial charge < -0.3 is 10.2 Å². The fraction of sp³-hybridized carbons (Fsp3) is 1.00. The normalized spacial score (nSPS) is 24.2. The second-order valence-corrected chi connectivity index (χ2v) is 5.17. The van der Waals surface area contributed by atoms with E-state index in [0.29, 0.717) is 0 Å². The molecule has 0 aromatic heterocycles. The number of likely N-dealkylation sites (N-methyl/N-ethyl adjacent to an activating group) is 2. The van der Waals surface area contributed by atoms with Crippen molar-refractivity contribution >= 4 is 0 Å². The van der Waals surface area contributed by atoms with Crippen molar-refractivity contribution in [3.05, 3.63) is 0 Å². The summed E-state index contributed by atoms with van der Waals surface area (Å²) in [6, 6.07) is 0.767. The average molecular weight is 196 g/mol. The van der Waals surface area contributed by atoms with Crippen molar-refractivity contribution in [3.8, 4) is 0 Å². The van der Waals surface area contributed by atoms with Crippen LogP contribution in [0.5, 0.6) is 0 Å². The summed E-state index contributed by atoms with van der Waals surface area (Å²) in [5.74, 6) is 2.01. The molecule has 0 radical (unpaired) electrons. The van der Waals surface area contributed by atoms with E-state index in [1.807, 2.05) is 0 Å². The summed E-state index contributed by atoms with van der Waals surface area (Å²) in [6.45, 7) is 5.93. The maximum atomic E-state index is 3.63. The molecular formula is C12H24N2. The first-order valence-corrected chi connectivity index (χ1v) is 6.21. The monoisotopic (exact) mass is 196 g/mol. The number of nitrogens with zero attached hydrogens (tertiary/aromatic N) is 1. The van der Waals surface area contributed by atoms with E-state index in [9.17, 15) is 0 Å². The molecule has 2 heteroatoms. The number of hydrogen-bond donors (Lipinski definition) is 1. The Balaban J connectivity index is 1.68. The van der Waals surface area contributed by atoms with Crippen LogP contribution in [-0.4, -0.2) is 37.6 Å². The highest BCUT2D eigenvalue weighted by atomic mass is 15.1. The van der Waals surface area contributed by atoms with E-state index >= 15 is 0 Å². The van der Waals surface area contributed by atoms with E-state index in [1.54, 1.807) is 0 Å². The van der Waals surface area contributed by atoms with Crippen LogP contribution in [0.3, 0.4) is 0 Å². The number of nitrogens with one attached hydrogen (secondary N) is 1. The Bertz CT molecular complexity index is 173. The lowest BCUT2D eigenvalue weighted by atomic mass is 10.1. The van der Waals surface area contributed by atoms with E-state index < -0.39 is 0 Å². The topological polar surface area (TPSA) is 15.3 Å². The van der Waals surface area contributed by atoms with E-state index in [0.717, 1.165) is 24.4 Å². The molecule has 82 valence electrons. The molecule has 0 saturated heterocycles. The SMILES string of the molecule is CCNC(CN(C)CC1CC1)C1CC1. The number of rotatable bonds is 7. The molecule has 0 bridgehead atoms. The molecule has 2 aliphatic carbocycles. The van der Waals surface area contributed by atoms with Crippen LogP contribution in [0.4, 0.5) is 0 Å². The van der Waals surface area contributed by atoms with E-state index in [-0.39, 0.29) is 0 Å². The standard InChI is InChI=1S/C12H24N2/c1-3-13-12(11-6-7-11)9-14(2)8-10-4-5-10/h10-13H,3-9H2,1-2H3. The van der Waals surface area contributed by atoms with Gasteiger partial charge in [-0.2, -0.15) is 0 Å².